The highest BCUT2D eigenvalue weighted by atomic mass is 16.3. The number of aryl methyl sites for hydroxylation is 4. The lowest BCUT2D eigenvalue weighted by atomic mass is 9.91. The Bertz CT molecular complexity index is 1240. The van der Waals surface area contributed by atoms with Gasteiger partial charge >= 0.3 is 0 Å². The van der Waals surface area contributed by atoms with Crippen molar-refractivity contribution in [3.63, 3.8) is 0 Å². The number of nitrogens with zero attached hydrogens (tertiary/aromatic N) is 1. The maximum Gasteiger partial charge on any atom is 0.300 e. The summed E-state index contributed by atoms with van der Waals surface area (Å²) in [7, 11) is 0. The summed E-state index contributed by atoms with van der Waals surface area (Å²) in [4.78, 5) is 28.1. The fourth-order valence-electron chi connectivity index (χ4n) is 4.24. The molecule has 1 aliphatic heterocycles. The number of amides is 1. The fraction of sp³-hybridized carbons (Fsp3) is 0.185. The van der Waals surface area contributed by atoms with E-state index in [0.29, 0.717) is 11.3 Å². The van der Waals surface area contributed by atoms with Gasteiger partial charge in [0.2, 0.25) is 0 Å². The number of benzene rings is 3. The lowest BCUT2D eigenvalue weighted by Crippen LogP contribution is -2.30. The smallest absolute Gasteiger partial charge is 0.300 e. The number of ketones is 1. The van der Waals surface area contributed by atoms with Crippen molar-refractivity contribution in [3.05, 3.63) is 106 Å². The maximum absolute atomic E-state index is 13.3. The van der Waals surface area contributed by atoms with E-state index < -0.39 is 17.7 Å². The Hall–Kier alpha value is -3.66. The van der Waals surface area contributed by atoms with Crippen LogP contribution < -0.4 is 4.90 Å². The number of aliphatic hydroxyl groups excluding tert-OH is 1. The van der Waals surface area contributed by atoms with Gasteiger partial charge in [0.1, 0.15) is 5.76 Å². The summed E-state index contributed by atoms with van der Waals surface area (Å²) >= 11 is 0. The van der Waals surface area contributed by atoms with E-state index in [-0.39, 0.29) is 11.3 Å². The molecule has 1 aliphatic rings. The van der Waals surface area contributed by atoms with E-state index in [1.165, 1.54) is 4.90 Å². The molecule has 1 atom stereocenters. The first-order chi connectivity index (χ1) is 14.8. The molecule has 0 aliphatic carbocycles. The number of rotatable bonds is 3. The Balaban J connectivity index is 2.03. The van der Waals surface area contributed by atoms with Crippen LogP contribution in [0.3, 0.4) is 0 Å². The molecule has 4 rings (SSSR count). The van der Waals surface area contributed by atoms with Gasteiger partial charge in [-0.1, -0.05) is 60.2 Å². The third-order valence-corrected chi connectivity index (χ3v) is 5.95. The highest BCUT2D eigenvalue weighted by Crippen LogP contribution is 2.44. The molecule has 1 fully saturated rings. The second-order valence-corrected chi connectivity index (χ2v) is 8.13. The van der Waals surface area contributed by atoms with Crippen molar-refractivity contribution in [3.8, 4) is 0 Å². The predicted molar refractivity (Wildman–Crippen MR) is 123 cm³/mol. The maximum atomic E-state index is 13.3. The van der Waals surface area contributed by atoms with Crippen LogP contribution in [-0.2, 0) is 9.59 Å². The molecule has 1 N–H and O–H groups in total. The number of carbonyl (C=O) groups is 2. The van der Waals surface area contributed by atoms with Gasteiger partial charge in [-0.05, 0) is 62.1 Å². The van der Waals surface area contributed by atoms with Crippen molar-refractivity contribution in [2.24, 2.45) is 0 Å². The molecule has 0 aromatic heterocycles. The Kier molecular flexibility index (Phi) is 5.24. The molecule has 0 saturated carbocycles. The van der Waals surface area contributed by atoms with Crippen LogP contribution in [0.5, 0.6) is 0 Å². The molecule has 1 unspecified atom stereocenters. The van der Waals surface area contributed by atoms with E-state index in [0.717, 1.165) is 27.8 Å². The first kappa shape index (κ1) is 20.6. The minimum absolute atomic E-state index is 0.122. The van der Waals surface area contributed by atoms with Gasteiger partial charge in [0.15, 0.2) is 0 Å². The molecule has 156 valence electrons. The summed E-state index contributed by atoms with van der Waals surface area (Å²) in [5, 5.41) is 11.4. The third-order valence-electron chi connectivity index (χ3n) is 5.95. The van der Waals surface area contributed by atoms with Gasteiger partial charge in [0.05, 0.1) is 11.6 Å². The summed E-state index contributed by atoms with van der Waals surface area (Å²) in [6.45, 7) is 7.68. The number of para-hydroxylation sites is 1. The molecular weight excluding hydrogens is 386 g/mol. The van der Waals surface area contributed by atoms with E-state index in [1.807, 2.05) is 94.4 Å². The summed E-state index contributed by atoms with van der Waals surface area (Å²) in [6, 6.07) is 20.2. The molecule has 3 aromatic carbocycles. The Labute approximate surface area is 182 Å². The largest absolute Gasteiger partial charge is 0.507 e. The molecule has 1 heterocycles. The van der Waals surface area contributed by atoms with Crippen molar-refractivity contribution in [2.75, 3.05) is 4.90 Å². The molecule has 0 spiro atoms. The van der Waals surface area contributed by atoms with Crippen molar-refractivity contribution >= 4 is 23.1 Å². The summed E-state index contributed by atoms with van der Waals surface area (Å²) < 4.78 is 0. The minimum Gasteiger partial charge on any atom is -0.507 e. The molecule has 4 nitrogen and oxygen atoms in total. The first-order valence-corrected chi connectivity index (χ1v) is 10.3. The lowest BCUT2D eigenvalue weighted by molar-refractivity contribution is -0.132. The number of Topliss-reactive ketones (excluding diaryl/α,β-unsaturated/α-hetero) is 1. The Morgan fingerprint density at radius 3 is 2.13 bits per heavy atom. The van der Waals surface area contributed by atoms with Crippen LogP contribution in [0.1, 0.15) is 39.4 Å². The molecular formula is C27H25NO3. The number of aliphatic hydroxyl groups is 1. The quantitative estimate of drug-likeness (QED) is 0.349. The first-order valence-electron chi connectivity index (χ1n) is 10.3. The van der Waals surface area contributed by atoms with Crippen molar-refractivity contribution < 1.29 is 14.7 Å². The molecule has 3 aromatic rings. The van der Waals surface area contributed by atoms with Gasteiger partial charge in [-0.3, -0.25) is 14.5 Å². The van der Waals surface area contributed by atoms with E-state index in [1.54, 1.807) is 0 Å². The van der Waals surface area contributed by atoms with Crippen molar-refractivity contribution in [1.82, 2.24) is 0 Å². The molecule has 31 heavy (non-hydrogen) atoms. The number of anilines is 1. The molecule has 1 saturated heterocycles. The van der Waals surface area contributed by atoms with Gasteiger partial charge in [0.25, 0.3) is 11.7 Å². The summed E-state index contributed by atoms with van der Waals surface area (Å²) in [6.07, 6.45) is 0. The van der Waals surface area contributed by atoms with Crippen LogP contribution in [-0.4, -0.2) is 16.8 Å². The van der Waals surface area contributed by atoms with Crippen molar-refractivity contribution in [1.29, 1.82) is 0 Å². The Morgan fingerprint density at radius 2 is 1.45 bits per heavy atom. The number of carbonyl (C=O) groups excluding carboxylic acids is 2. The van der Waals surface area contributed by atoms with Gasteiger partial charge in [-0.15, -0.1) is 0 Å². The molecule has 4 heteroatoms. The second-order valence-electron chi connectivity index (χ2n) is 8.13. The summed E-state index contributed by atoms with van der Waals surface area (Å²) in [5.74, 6) is -1.44. The van der Waals surface area contributed by atoms with Crippen LogP contribution in [0.25, 0.3) is 5.76 Å². The standard InChI is InChI=1S/C27H25NO3/c1-16-13-14-18(3)21(15-16)25(29)23-24(20-11-7-5-9-17(20)2)28(27(31)26(23)30)22-12-8-6-10-19(22)4/h5-15,24,29H,1-4H3/b25-23+. The van der Waals surface area contributed by atoms with Crippen LogP contribution >= 0.6 is 0 Å². The topological polar surface area (TPSA) is 57.6 Å². The third kappa shape index (κ3) is 3.44. The monoisotopic (exact) mass is 411 g/mol. The number of hydrogen-bond donors (Lipinski definition) is 1. The zero-order chi connectivity index (χ0) is 22.3. The van der Waals surface area contributed by atoms with Crippen LogP contribution in [0, 0.1) is 27.7 Å². The highest BCUT2D eigenvalue weighted by molar-refractivity contribution is 6.51. The average Bonchev–Trinajstić information content (AvgIpc) is 3.01. The zero-order valence-electron chi connectivity index (χ0n) is 18.1. The van der Waals surface area contributed by atoms with Gasteiger partial charge < -0.3 is 5.11 Å². The highest BCUT2D eigenvalue weighted by Gasteiger charge is 2.47. The van der Waals surface area contributed by atoms with Crippen molar-refractivity contribution in [2.45, 2.75) is 33.7 Å². The van der Waals surface area contributed by atoms with E-state index >= 15 is 0 Å². The SMILES string of the molecule is Cc1ccc(C)c(/C(O)=C2\C(=O)C(=O)N(c3ccccc3C)C2c2ccccc2C)c1. The lowest BCUT2D eigenvalue weighted by Gasteiger charge is -2.28. The minimum atomic E-state index is -0.706. The Morgan fingerprint density at radius 1 is 0.806 bits per heavy atom. The predicted octanol–water partition coefficient (Wildman–Crippen LogP) is 5.55. The normalized spacial score (nSPS) is 17.9. The molecule has 1 amide bonds. The van der Waals surface area contributed by atoms with Crippen LogP contribution in [0.2, 0.25) is 0 Å². The number of hydrogen-bond acceptors (Lipinski definition) is 3. The summed E-state index contributed by atoms with van der Waals surface area (Å²) in [5.41, 5.74) is 5.81. The van der Waals surface area contributed by atoms with Crippen LogP contribution in [0.4, 0.5) is 5.69 Å². The van der Waals surface area contributed by atoms with E-state index in [2.05, 4.69) is 0 Å². The average molecular weight is 412 g/mol. The molecule has 0 radical (unpaired) electrons. The molecule has 0 bridgehead atoms. The van der Waals surface area contributed by atoms with Gasteiger partial charge in [-0.25, -0.2) is 0 Å². The van der Waals surface area contributed by atoms with Crippen LogP contribution in [0.15, 0.2) is 72.3 Å². The second kappa shape index (κ2) is 7.88. The van der Waals surface area contributed by atoms with Gasteiger partial charge in [0, 0.05) is 11.3 Å². The zero-order valence-corrected chi connectivity index (χ0v) is 18.1. The fourth-order valence-corrected chi connectivity index (χ4v) is 4.24. The van der Waals surface area contributed by atoms with E-state index in [9.17, 15) is 14.7 Å². The van der Waals surface area contributed by atoms with Gasteiger partial charge in [-0.2, -0.15) is 0 Å². The van der Waals surface area contributed by atoms with E-state index in [4.69, 9.17) is 0 Å².